The molecule has 0 spiro atoms. The van der Waals surface area contributed by atoms with Gasteiger partial charge >= 0.3 is 0 Å². The molecule has 4 nitrogen and oxygen atoms in total. The van der Waals surface area contributed by atoms with Gasteiger partial charge in [0.25, 0.3) is 0 Å². The summed E-state index contributed by atoms with van der Waals surface area (Å²) in [5.74, 6) is -0.520. The van der Waals surface area contributed by atoms with E-state index in [-0.39, 0.29) is 30.2 Å². The Morgan fingerprint density at radius 1 is 1.00 bits per heavy atom. The Balaban J connectivity index is 1.48. The van der Waals surface area contributed by atoms with Crippen LogP contribution in [-0.4, -0.2) is 25.2 Å². The zero-order valence-electron chi connectivity index (χ0n) is 18.0. The number of hydrogen-bond donors (Lipinski definition) is 2. The van der Waals surface area contributed by atoms with E-state index in [1.165, 1.54) is 6.07 Å². The van der Waals surface area contributed by atoms with Crippen LogP contribution in [0.2, 0.25) is 0 Å². The largest absolute Gasteiger partial charge is 0.375 e. The lowest BCUT2D eigenvalue weighted by atomic mass is 9.88. The molecule has 1 fully saturated rings. The van der Waals surface area contributed by atoms with Gasteiger partial charge in [0.2, 0.25) is 5.91 Å². The molecule has 0 unspecified atom stereocenters. The molecule has 1 aliphatic heterocycles. The zero-order chi connectivity index (χ0) is 22.2. The summed E-state index contributed by atoms with van der Waals surface area (Å²) in [5, 5.41) is 6.14. The highest BCUT2D eigenvalue weighted by Crippen LogP contribution is 2.29. The van der Waals surface area contributed by atoms with E-state index >= 15 is 0 Å². The normalized spacial score (nSPS) is 16.1. The molecule has 1 heterocycles. The molecular weight excluding hydrogens is 403 g/mol. The molecule has 1 radical (unpaired) electrons. The number of carbonyl (C=O) groups is 1. The molecule has 3 aromatic carbocycles. The first kappa shape index (κ1) is 22.2. The molecular formula is C27H28FN2O2. The van der Waals surface area contributed by atoms with Gasteiger partial charge in [-0.15, -0.1) is 0 Å². The minimum Gasteiger partial charge on any atom is -0.375 e. The van der Waals surface area contributed by atoms with Crippen LogP contribution in [0.15, 0.2) is 78.9 Å². The van der Waals surface area contributed by atoms with Gasteiger partial charge in [0.05, 0.1) is 12.7 Å². The molecule has 5 heteroatoms. The number of hydrogen-bond acceptors (Lipinski definition) is 3. The minimum absolute atomic E-state index is 0.0312. The monoisotopic (exact) mass is 431 g/mol. The summed E-state index contributed by atoms with van der Waals surface area (Å²) < 4.78 is 20.3. The van der Waals surface area contributed by atoms with Crippen molar-refractivity contribution in [2.45, 2.75) is 31.3 Å². The predicted molar refractivity (Wildman–Crippen MR) is 125 cm³/mol. The lowest BCUT2D eigenvalue weighted by Gasteiger charge is -2.24. The first-order valence-corrected chi connectivity index (χ1v) is 11.0. The third kappa shape index (κ3) is 5.81. The number of anilines is 1. The average Bonchev–Trinajstić information content (AvgIpc) is 2.84. The third-order valence-corrected chi connectivity index (χ3v) is 5.81. The van der Waals surface area contributed by atoms with Gasteiger partial charge in [0.15, 0.2) is 0 Å². The Morgan fingerprint density at radius 2 is 1.69 bits per heavy atom. The summed E-state index contributed by atoms with van der Waals surface area (Å²) in [6.45, 7) is 3.14. The molecule has 1 amide bonds. The highest BCUT2D eigenvalue weighted by molar-refractivity contribution is 5.92. The van der Waals surface area contributed by atoms with E-state index in [1.54, 1.807) is 12.1 Å². The smallest absolute Gasteiger partial charge is 0.225 e. The van der Waals surface area contributed by atoms with Crippen LogP contribution in [0.3, 0.4) is 0 Å². The fourth-order valence-electron chi connectivity index (χ4n) is 4.12. The maximum Gasteiger partial charge on any atom is 0.225 e. The van der Waals surface area contributed by atoms with Crippen LogP contribution in [0, 0.1) is 12.4 Å². The maximum atomic E-state index is 14.6. The van der Waals surface area contributed by atoms with Gasteiger partial charge < -0.3 is 15.4 Å². The van der Waals surface area contributed by atoms with Crippen LogP contribution < -0.4 is 10.6 Å². The van der Waals surface area contributed by atoms with E-state index in [2.05, 4.69) is 10.6 Å². The molecule has 1 atom stereocenters. The number of morpholine rings is 1. The van der Waals surface area contributed by atoms with E-state index in [0.717, 1.165) is 11.1 Å². The fourth-order valence-corrected chi connectivity index (χ4v) is 4.12. The second kappa shape index (κ2) is 11.0. The number of ether oxygens (including phenoxy) is 1. The molecule has 3 aromatic rings. The molecule has 165 valence electrons. The molecule has 0 bridgehead atoms. The number of rotatable bonds is 8. The molecule has 0 aliphatic carbocycles. The van der Waals surface area contributed by atoms with Gasteiger partial charge in [0.1, 0.15) is 5.82 Å². The van der Waals surface area contributed by atoms with Crippen LogP contribution in [0.1, 0.15) is 35.4 Å². The molecule has 0 saturated carbocycles. The second-order valence-corrected chi connectivity index (χ2v) is 8.00. The number of halogens is 1. The molecule has 1 saturated heterocycles. The molecule has 2 N–H and O–H groups in total. The second-order valence-electron chi connectivity index (χ2n) is 8.00. The van der Waals surface area contributed by atoms with Gasteiger partial charge in [-0.3, -0.25) is 4.79 Å². The van der Waals surface area contributed by atoms with Crippen LogP contribution in [0.25, 0.3) is 0 Å². The Labute approximate surface area is 188 Å². The van der Waals surface area contributed by atoms with Crippen molar-refractivity contribution in [1.82, 2.24) is 5.32 Å². The van der Waals surface area contributed by atoms with E-state index < -0.39 is 0 Å². The summed E-state index contributed by atoms with van der Waals surface area (Å²) in [6.07, 6.45) is 1.48. The van der Waals surface area contributed by atoms with Crippen LogP contribution in [-0.2, 0) is 16.0 Å². The standard InChI is InChI=1S/C27H28FN2O2/c28-25-12-7-13-26(23(25)15-14-22-19-29-16-17-32-22)30-27(31)18-24(20-8-3-1-4-9-20)21-10-5-2-6-11-21/h1-13,16,22,24,29H,14-15,17-19H2,(H,30,31)/t22-/m1/s1. The third-order valence-electron chi connectivity index (χ3n) is 5.81. The molecule has 1 aliphatic rings. The van der Waals surface area contributed by atoms with Crippen LogP contribution >= 0.6 is 0 Å². The van der Waals surface area contributed by atoms with Crippen molar-refractivity contribution in [3.63, 3.8) is 0 Å². The van der Waals surface area contributed by atoms with E-state index in [1.807, 2.05) is 67.2 Å². The van der Waals surface area contributed by atoms with Crippen LogP contribution in [0.4, 0.5) is 10.1 Å². The van der Waals surface area contributed by atoms with Crippen molar-refractivity contribution in [2.24, 2.45) is 0 Å². The lowest BCUT2D eigenvalue weighted by molar-refractivity contribution is -0.116. The van der Waals surface area contributed by atoms with Crippen molar-refractivity contribution < 1.29 is 13.9 Å². The van der Waals surface area contributed by atoms with Crippen molar-refractivity contribution >= 4 is 11.6 Å². The maximum absolute atomic E-state index is 14.6. The average molecular weight is 432 g/mol. The van der Waals surface area contributed by atoms with Crippen LogP contribution in [0.5, 0.6) is 0 Å². The van der Waals surface area contributed by atoms with Crippen molar-refractivity contribution in [3.8, 4) is 0 Å². The first-order chi connectivity index (χ1) is 15.7. The van der Waals surface area contributed by atoms with E-state index in [0.29, 0.717) is 37.2 Å². The van der Waals surface area contributed by atoms with Gasteiger partial charge in [-0.05, 0) is 36.1 Å². The van der Waals surface area contributed by atoms with E-state index in [9.17, 15) is 9.18 Å². The molecule has 32 heavy (non-hydrogen) atoms. The van der Waals surface area contributed by atoms with Gasteiger partial charge in [0, 0.05) is 36.7 Å². The highest BCUT2D eigenvalue weighted by Gasteiger charge is 2.20. The Hall–Kier alpha value is -3.02. The highest BCUT2D eigenvalue weighted by atomic mass is 19.1. The summed E-state index contributed by atoms with van der Waals surface area (Å²) in [4.78, 5) is 13.1. The quantitative estimate of drug-likeness (QED) is 0.524. The first-order valence-electron chi connectivity index (χ1n) is 11.0. The minimum atomic E-state index is -0.305. The van der Waals surface area contributed by atoms with Gasteiger partial charge in [-0.2, -0.15) is 0 Å². The van der Waals surface area contributed by atoms with Crippen molar-refractivity contribution in [3.05, 3.63) is 108 Å². The van der Waals surface area contributed by atoms with Crippen molar-refractivity contribution in [1.29, 1.82) is 0 Å². The Bertz CT molecular complexity index is 965. The summed E-state index contributed by atoms with van der Waals surface area (Å²) in [7, 11) is 0. The fraction of sp³-hybridized carbons (Fsp3) is 0.259. The summed E-state index contributed by atoms with van der Waals surface area (Å²) in [6, 6.07) is 24.8. The van der Waals surface area contributed by atoms with Gasteiger partial charge in [-0.1, -0.05) is 66.7 Å². The number of carbonyl (C=O) groups excluding carboxylic acids is 1. The zero-order valence-corrected chi connectivity index (χ0v) is 18.0. The van der Waals surface area contributed by atoms with Crippen molar-refractivity contribution in [2.75, 3.05) is 18.5 Å². The topological polar surface area (TPSA) is 50.4 Å². The van der Waals surface area contributed by atoms with E-state index in [4.69, 9.17) is 4.74 Å². The Morgan fingerprint density at radius 3 is 2.31 bits per heavy atom. The summed E-state index contributed by atoms with van der Waals surface area (Å²) in [5.41, 5.74) is 3.21. The summed E-state index contributed by atoms with van der Waals surface area (Å²) >= 11 is 0. The predicted octanol–water partition coefficient (Wildman–Crippen LogP) is 5.07. The number of benzene rings is 3. The SMILES string of the molecule is O=C(CC(c1ccccc1)c1ccccc1)Nc1cccc(F)c1CC[C@@H]1CN[CH]CO1. The number of nitrogens with one attached hydrogen (secondary N) is 2. The molecule has 4 rings (SSSR count). The van der Waals surface area contributed by atoms with Gasteiger partial charge in [-0.25, -0.2) is 4.39 Å². The lowest BCUT2D eigenvalue weighted by Crippen LogP contribution is -2.35. The number of amides is 1. The molecule has 0 aromatic heterocycles. The Kier molecular flexibility index (Phi) is 7.64.